The van der Waals surface area contributed by atoms with Crippen molar-refractivity contribution < 1.29 is 4.79 Å². The summed E-state index contributed by atoms with van der Waals surface area (Å²) in [5.41, 5.74) is 0.866. The summed E-state index contributed by atoms with van der Waals surface area (Å²) < 4.78 is 0. The minimum Gasteiger partial charge on any atom is -0.325 e. The molecule has 0 heterocycles. The molecule has 17 heavy (non-hydrogen) atoms. The van der Waals surface area contributed by atoms with Crippen molar-refractivity contribution in [2.45, 2.75) is 25.8 Å². The average molecular weight is 232 g/mol. The van der Waals surface area contributed by atoms with Gasteiger partial charge in [-0.25, -0.2) is 0 Å². The molecule has 3 nitrogen and oxygen atoms in total. The van der Waals surface area contributed by atoms with Gasteiger partial charge in [0.25, 0.3) is 0 Å². The maximum Gasteiger partial charge on any atom is 0.238 e. The van der Waals surface area contributed by atoms with E-state index in [9.17, 15) is 4.79 Å². The van der Waals surface area contributed by atoms with Gasteiger partial charge < -0.3 is 5.32 Å². The van der Waals surface area contributed by atoms with Crippen LogP contribution in [-0.2, 0) is 4.79 Å². The van der Waals surface area contributed by atoms with Gasteiger partial charge in [-0.1, -0.05) is 18.2 Å². The maximum absolute atomic E-state index is 11.8. The second kappa shape index (κ2) is 5.32. The van der Waals surface area contributed by atoms with Gasteiger partial charge in [-0.05, 0) is 44.9 Å². The molecule has 1 aliphatic rings. The summed E-state index contributed by atoms with van der Waals surface area (Å²) in [4.78, 5) is 14.0. The summed E-state index contributed by atoms with van der Waals surface area (Å²) in [5.74, 6) is 0.857. The van der Waals surface area contributed by atoms with Crippen molar-refractivity contribution in [1.29, 1.82) is 0 Å². The molecule has 1 saturated carbocycles. The van der Waals surface area contributed by atoms with E-state index in [4.69, 9.17) is 0 Å². The molecule has 1 aliphatic carbocycles. The third-order valence-electron chi connectivity index (χ3n) is 3.45. The van der Waals surface area contributed by atoms with E-state index < -0.39 is 0 Å². The van der Waals surface area contributed by atoms with E-state index >= 15 is 0 Å². The fraction of sp³-hybridized carbons (Fsp3) is 0.500. The Hall–Kier alpha value is -1.35. The number of carbonyl (C=O) groups excluding carboxylic acids is 1. The molecular formula is C14H20N2O. The Balaban J connectivity index is 1.80. The molecule has 0 aliphatic heterocycles. The Morgan fingerprint density at radius 1 is 1.41 bits per heavy atom. The molecule has 1 atom stereocenters. The van der Waals surface area contributed by atoms with Gasteiger partial charge >= 0.3 is 0 Å². The van der Waals surface area contributed by atoms with Crippen molar-refractivity contribution in [3.8, 4) is 0 Å². The molecule has 0 saturated heterocycles. The Morgan fingerprint density at radius 2 is 2.06 bits per heavy atom. The number of anilines is 1. The molecule has 0 spiro atoms. The first kappa shape index (κ1) is 12.1. The van der Waals surface area contributed by atoms with Crippen LogP contribution in [0.5, 0.6) is 0 Å². The Bertz CT molecular complexity index is 373. The van der Waals surface area contributed by atoms with Crippen molar-refractivity contribution in [3.05, 3.63) is 30.3 Å². The monoisotopic (exact) mass is 232 g/mol. The predicted octanol–water partition coefficient (Wildman–Crippen LogP) is 2.36. The van der Waals surface area contributed by atoms with E-state index in [1.54, 1.807) is 0 Å². The standard InChI is InChI=1S/C14H20N2O/c1-11(12-8-9-12)16(2)10-14(17)15-13-6-4-3-5-7-13/h3-7,11-12H,8-10H2,1-2H3,(H,15,17). The molecule has 1 aromatic carbocycles. The third kappa shape index (κ3) is 3.56. The number of nitrogens with one attached hydrogen (secondary N) is 1. The molecule has 2 rings (SSSR count). The topological polar surface area (TPSA) is 32.3 Å². The maximum atomic E-state index is 11.8. The van der Waals surface area contributed by atoms with Gasteiger partial charge in [0.1, 0.15) is 0 Å². The SMILES string of the molecule is CC(C1CC1)N(C)CC(=O)Nc1ccccc1. The first-order chi connectivity index (χ1) is 8.16. The summed E-state index contributed by atoms with van der Waals surface area (Å²) in [7, 11) is 2.02. The molecule has 0 aromatic heterocycles. The molecule has 92 valence electrons. The van der Waals surface area contributed by atoms with Gasteiger partial charge in [-0.15, -0.1) is 0 Å². The fourth-order valence-corrected chi connectivity index (χ4v) is 2.03. The number of rotatable bonds is 5. The first-order valence-corrected chi connectivity index (χ1v) is 6.22. The summed E-state index contributed by atoms with van der Waals surface area (Å²) in [6.45, 7) is 2.67. The highest BCUT2D eigenvalue weighted by atomic mass is 16.2. The van der Waals surface area contributed by atoms with Gasteiger partial charge in [0.05, 0.1) is 6.54 Å². The van der Waals surface area contributed by atoms with E-state index in [0.29, 0.717) is 12.6 Å². The highest BCUT2D eigenvalue weighted by molar-refractivity contribution is 5.92. The molecule has 1 unspecified atom stereocenters. The number of benzene rings is 1. The van der Waals surface area contributed by atoms with Crippen LogP contribution in [0.4, 0.5) is 5.69 Å². The molecule has 1 fully saturated rings. The van der Waals surface area contributed by atoms with Crippen LogP contribution in [0.2, 0.25) is 0 Å². The zero-order chi connectivity index (χ0) is 12.3. The van der Waals surface area contributed by atoms with Gasteiger partial charge in [0, 0.05) is 11.7 Å². The summed E-state index contributed by atoms with van der Waals surface area (Å²) in [6.07, 6.45) is 2.62. The number of hydrogen-bond donors (Lipinski definition) is 1. The Kier molecular flexibility index (Phi) is 3.79. The van der Waals surface area contributed by atoms with Crippen LogP contribution in [0.15, 0.2) is 30.3 Å². The number of likely N-dealkylation sites (N-methyl/N-ethyl adjacent to an activating group) is 1. The summed E-state index contributed by atoms with van der Waals surface area (Å²) in [5, 5.41) is 2.91. The van der Waals surface area contributed by atoms with Gasteiger partial charge in [-0.2, -0.15) is 0 Å². The molecule has 1 amide bonds. The van der Waals surface area contributed by atoms with Crippen molar-refractivity contribution in [1.82, 2.24) is 4.90 Å². The average Bonchev–Trinajstić information content (AvgIpc) is 3.13. The van der Waals surface area contributed by atoms with Crippen molar-refractivity contribution in [3.63, 3.8) is 0 Å². The number of nitrogens with zero attached hydrogens (tertiary/aromatic N) is 1. The van der Waals surface area contributed by atoms with E-state index in [1.165, 1.54) is 12.8 Å². The molecule has 1 N–H and O–H groups in total. The highest BCUT2D eigenvalue weighted by Gasteiger charge is 2.30. The van der Waals surface area contributed by atoms with Crippen LogP contribution in [0, 0.1) is 5.92 Å². The van der Waals surface area contributed by atoms with Crippen molar-refractivity contribution in [2.75, 3.05) is 18.9 Å². The lowest BCUT2D eigenvalue weighted by Gasteiger charge is -2.23. The zero-order valence-electron chi connectivity index (χ0n) is 10.5. The number of carbonyl (C=O) groups is 1. The van der Waals surface area contributed by atoms with E-state index in [1.807, 2.05) is 37.4 Å². The van der Waals surface area contributed by atoms with Gasteiger partial charge in [0.15, 0.2) is 0 Å². The predicted molar refractivity (Wildman–Crippen MR) is 69.9 cm³/mol. The van der Waals surface area contributed by atoms with Crippen molar-refractivity contribution >= 4 is 11.6 Å². The van der Waals surface area contributed by atoms with Crippen molar-refractivity contribution in [2.24, 2.45) is 5.92 Å². The first-order valence-electron chi connectivity index (χ1n) is 6.22. The lowest BCUT2D eigenvalue weighted by Crippen LogP contribution is -2.37. The molecule has 0 radical (unpaired) electrons. The molecule has 0 bridgehead atoms. The van der Waals surface area contributed by atoms with Crippen LogP contribution >= 0.6 is 0 Å². The van der Waals surface area contributed by atoms with E-state index in [2.05, 4.69) is 17.1 Å². The van der Waals surface area contributed by atoms with Crippen LogP contribution in [0.3, 0.4) is 0 Å². The fourth-order valence-electron chi connectivity index (χ4n) is 2.03. The summed E-state index contributed by atoms with van der Waals surface area (Å²) >= 11 is 0. The second-order valence-corrected chi connectivity index (χ2v) is 4.91. The molecular weight excluding hydrogens is 212 g/mol. The van der Waals surface area contributed by atoms with Gasteiger partial charge in [0.2, 0.25) is 5.91 Å². The van der Waals surface area contributed by atoms with Crippen LogP contribution in [-0.4, -0.2) is 30.4 Å². The summed E-state index contributed by atoms with van der Waals surface area (Å²) in [6, 6.07) is 10.1. The van der Waals surface area contributed by atoms with E-state index in [-0.39, 0.29) is 5.91 Å². The lowest BCUT2D eigenvalue weighted by atomic mass is 10.2. The number of hydrogen-bond acceptors (Lipinski definition) is 2. The van der Waals surface area contributed by atoms with Crippen LogP contribution in [0.25, 0.3) is 0 Å². The quantitative estimate of drug-likeness (QED) is 0.845. The van der Waals surface area contributed by atoms with Crippen LogP contribution < -0.4 is 5.32 Å². The lowest BCUT2D eigenvalue weighted by molar-refractivity contribution is -0.117. The van der Waals surface area contributed by atoms with E-state index in [0.717, 1.165) is 11.6 Å². The molecule has 1 aromatic rings. The van der Waals surface area contributed by atoms with Gasteiger partial charge in [-0.3, -0.25) is 9.69 Å². The number of amides is 1. The smallest absolute Gasteiger partial charge is 0.238 e. The Morgan fingerprint density at radius 3 is 2.65 bits per heavy atom. The Labute approximate surface area is 103 Å². The molecule has 3 heteroatoms. The minimum atomic E-state index is 0.0613. The number of para-hydroxylation sites is 1. The second-order valence-electron chi connectivity index (χ2n) is 4.91. The van der Waals surface area contributed by atoms with Crippen LogP contribution in [0.1, 0.15) is 19.8 Å². The minimum absolute atomic E-state index is 0.0613. The zero-order valence-corrected chi connectivity index (χ0v) is 10.5. The highest BCUT2D eigenvalue weighted by Crippen LogP contribution is 2.34. The largest absolute Gasteiger partial charge is 0.325 e. The third-order valence-corrected chi connectivity index (χ3v) is 3.45. The normalized spacial score (nSPS) is 16.9.